The van der Waals surface area contributed by atoms with Gasteiger partial charge in [-0.1, -0.05) is 0 Å². The van der Waals surface area contributed by atoms with Crippen LogP contribution in [0, 0.1) is 13.8 Å². The monoisotopic (exact) mass is 294 g/mol. The fraction of sp³-hybridized carbons (Fsp3) is 0.286. The van der Waals surface area contributed by atoms with Crippen molar-refractivity contribution in [1.82, 2.24) is 4.72 Å². The minimum atomic E-state index is -3.56. The average molecular weight is 294 g/mol. The van der Waals surface area contributed by atoms with Crippen molar-refractivity contribution >= 4 is 15.7 Å². The van der Waals surface area contributed by atoms with Gasteiger partial charge in [-0.15, -0.1) is 0 Å². The van der Waals surface area contributed by atoms with Crippen molar-refractivity contribution < 1.29 is 12.8 Å². The number of benzene rings is 1. The lowest BCUT2D eigenvalue weighted by Crippen LogP contribution is -2.26. The van der Waals surface area contributed by atoms with Crippen molar-refractivity contribution in [2.75, 3.05) is 12.3 Å². The summed E-state index contributed by atoms with van der Waals surface area (Å²) in [5.41, 5.74) is 7.74. The molecule has 6 heteroatoms. The van der Waals surface area contributed by atoms with Crippen LogP contribution in [0.15, 0.2) is 39.8 Å². The molecule has 0 amide bonds. The van der Waals surface area contributed by atoms with E-state index in [1.807, 2.05) is 13.0 Å². The Bertz CT molecular complexity index is 691. The number of aryl methyl sites for hydroxylation is 1. The number of sulfonamides is 1. The van der Waals surface area contributed by atoms with Crippen LogP contribution in [0.5, 0.6) is 0 Å². The number of hydrogen-bond donors (Lipinski definition) is 2. The fourth-order valence-electron chi connectivity index (χ4n) is 1.97. The van der Waals surface area contributed by atoms with Crippen LogP contribution in [0.4, 0.5) is 5.69 Å². The molecule has 0 atom stereocenters. The van der Waals surface area contributed by atoms with Crippen LogP contribution in [-0.4, -0.2) is 15.0 Å². The standard InChI is InChI=1S/C14H18N2O3S/c1-10-8-12(15)9-14(11(10)2)20(17,18)16-6-5-13-4-3-7-19-13/h3-4,7-9,16H,5-6,15H2,1-2H3. The molecule has 0 radical (unpaired) electrons. The van der Waals surface area contributed by atoms with E-state index in [2.05, 4.69) is 4.72 Å². The SMILES string of the molecule is Cc1cc(N)cc(S(=O)(=O)NCCc2ccco2)c1C. The second kappa shape index (κ2) is 5.68. The summed E-state index contributed by atoms with van der Waals surface area (Å²) >= 11 is 0. The molecule has 3 N–H and O–H groups in total. The Morgan fingerprint density at radius 2 is 2.05 bits per heavy atom. The topological polar surface area (TPSA) is 85.3 Å². The molecule has 2 rings (SSSR count). The van der Waals surface area contributed by atoms with Gasteiger partial charge in [-0.2, -0.15) is 0 Å². The highest BCUT2D eigenvalue weighted by atomic mass is 32.2. The smallest absolute Gasteiger partial charge is 0.240 e. The maximum atomic E-state index is 12.3. The van der Waals surface area contributed by atoms with Crippen molar-refractivity contribution in [1.29, 1.82) is 0 Å². The summed E-state index contributed by atoms with van der Waals surface area (Å²) in [5.74, 6) is 0.744. The van der Waals surface area contributed by atoms with Crippen molar-refractivity contribution in [3.8, 4) is 0 Å². The van der Waals surface area contributed by atoms with E-state index in [0.29, 0.717) is 17.7 Å². The molecule has 1 aromatic carbocycles. The highest BCUT2D eigenvalue weighted by molar-refractivity contribution is 7.89. The molecule has 0 saturated carbocycles. The first-order valence-electron chi connectivity index (χ1n) is 6.29. The van der Waals surface area contributed by atoms with Gasteiger partial charge in [0.2, 0.25) is 10.0 Å². The maximum Gasteiger partial charge on any atom is 0.240 e. The van der Waals surface area contributed by atoms with E-state index < -0.39 is 10.0 Å². The third-order valence-electron chi connectivity index (χ3n) is 3.18. The molecule has 0 fully saturated rings. The number of nitrogens with one attached hydrogen (secondary N) is 1. The van der Waals surface area contributed by atoms with Gasteiger partial charge < -0.3 is 10.2 Å². The van der Waals surface area contributed by atoms with Gasteiger partial charge in [0.25, 0.3) is 0 Å². The van der Waals surface area contributed by atoms with E-state index in [4.69, 9.17) is 10.2 Å². The Labute approximate surface area is 118 Å². The molecule has 1 heterocycles. The number of rotatable bonds is 5. The number of anilines is 1. The second-order valence-electron chi connectivity index (χ2n) is 4.69. The van der Waals surface area contributed by atoms with Gasteiger partial charge in [-0.3, -0.25) is 0 Å². The van der Waals surface area contributed by atoms with Crippen molar-refractivity contribution in [2.45, 2.75) is 25.2 Å². The van der Waals surface area contributed by atoms with Gasteiger partial charge in [0.15, 0.2) is 0 Å². The summed E-state index contributed by atoms with van der Waals surface area (Å²) in [7, 11) is -3.56. The van der Waals surface area contributed by atoms with Crippen LogP contribution in [0.25, 0.3) is 0 Å². The first-order chi connectivity index (χ1) is 9.40. The molecular formula is C14H18N2O3S. The number of nitrogens with two attached hydrogens (primary N) is 1. The Morgan fingerprint density at radius 3 is 2.70 bits per heavy atom. The molecule has 0 saturated heterocycles. The molecule has 0 aliphatic rings. The maximum absolute atomic E-state index is 12.3. The molecule has 0 aliphatic carbocycles. The summed E-state index contributed by atoms with van der Waals surface area (Å²) < 4.78 is 32.3. The molecule has 20 heavy (non-hydrogen) atoms. The zero-order valence-electron chi connectivity index (χ0n) is 11.5. The van der Waals surface area contributed by atoms with Gasteiger partial charge >= 0.3 is 0 Å². The van der Waals surface area contributed by atoms with E-state index >= 15 is 0 Å². The first-order valence-corrected chi connectivity index (χ1v) is 7.77. The Hall–Kier alpha value is -1.79. The van der Waals surface area contributed by atoms with Gasteiger partial charge in [-0.05, 0) is 49.2 Å². The third kappa shape index (κ3) is 3.20. The van der Waals surface area contributed by atoms with Gasteiger partial charge in [0.1, 0.15) is 5.76 Å². The van der Waals surface area contributed by atoms with E-state index in [-0.39, 0.29) is 11.4 Å². The van der Waals surface area contributed by atoms with Gasteiger partial charge in [0, 0.05) is 18.7 Å². The van der Waals surface area contributed by atoms with E-state index in [1.165, 1.54) is 6.07 Å². The largest absolute Gasteiger partial charge is 0.469 e. The average Bonchev–Trinajstić information content (AvgIpc) is 2.86. The van der Waals surface area contributed by atoms with Crippen LogP contribution in [-0.2, 0) is 16.4 Å². The summed E-state index contributed by atoms with van der Waals surface area (Å²) in [6.07, 6.45) is 2.07. The summed E-state index contributed by atoms with van der Waals surface area (Å²) in [4.78, 5) is 0.231. The molecule has 2 aromatic rings. The second-order valence-corrected chi connectivity index (χ2v) is 6.42. The highest BCUT2D eigenvalue weighted by Gasteiger charge is 2.18. The molecular weight excluding hydrogens is 276 g/mol. The van der Waals surface area contributed by atoms with E-state index in [1.54, 1.807) is 25.3 Å². The lowest BCUT2D eigenvalue weighted by Gasteiger charge is -2.12. The van der Waals surface area contributed by atoms with Crippen molar-refractivity contribution in [3.63, 3.8) is 0 Å². The number of hydrogen-bond acceptors (Lipinski definition) is 4. The van der Waals surface area contributed by atoms with E-state index in [0.717, 1.165) is 11.3 Å². The fourth-order valence-corrected chi connectivity index (χ4v) is 3.36. The minimum Gasteiger partial charge on any atom is -0.469 e. The normalized spacial score (nSPS) is 11.7. The lowest BCUT2D eigenvalue weighted by molar-refractivity contribution is 0.506. The van der Waals surface area contributed by atoms with Crippen LogP contribution < -0.4 is 10.5 Å². The molecule has 5 nitrogen and oxygen atoms in total. The van der Waals surface area contributed by atoms with E-state index in [9.17, 15) is 8.42 Å². The minimum absolute atomic E-state index is 0.231. The zero-order valence-corrected chi connectivity index (χ0v) is 12.3. The summed E-state index contributed by atoms with van der Waals surface area (Å²) in [6.45, 7) is 3.90. The highest BCUT2D eigenvalue weighted by Crippen LogP contribution is 2.22. The predicted octanol–water partition coefficient (Wildman–Crippen LogP) is 2.00. The van der Waals surface area contributed by atoms with Gasteiger partial charge in [-0.25, -0.2) is 13.1 Å². The summed E-state index contributed by atoms with van der Waals surface area (Å²) in [6, 6.07) is 6.83. The van der Waals surface area contributed by atoms with Crippen LogP contribution in [0.3, 0.4) is 0 Å². The number of furan rings is 1. The zero-order chi connectivity index (χ0) is 14.8. The first kappa shape index (κ1) is 14.6. The van der Waals surface area contributed by atoms with Crippen molar-refractivity contribution in [2.24, 2.45) is 0 Å². The molecule has 0 bridgehead atoms. The third-order valence-corrected chi connectivity index (χ3v) is 4.76. The van der Waals surface area contributed by atoms with Gasteiger partial charge in [0.05, 0.1) is 11.2 Å². The summed E-state index contributed by atoms with van der Waals surface area (Å²) in [5, 5.41) is 0. The molecule has 0 aliphatic heterocycles. The Kier molecular flexibility index (Phi) is 4.15. The van der Waals surface area contributed by atoms with Crippen LogP contribution in [0.1, 0.15) is 16.9 Å². The molecule has 0 spiro atoms. The molecule has 1 aromatic heterocycles. The quantitative estimate of drug-likeness (QED) is 0.826. The molecule has 108 valence electrons. The van der Waals surface area contributed by atoms with Crippen LogP contribution >= 0.6 is 0 Å². The lowest BCUT2D eigenvalue weighted by atomic mass is 10.1. The van der Waals surface area contributed by atoms with Crippen molar-refractivity contribution in [3.05, 3.63) is 47.4 Å². The number of nitrogen functional groups attached to an aromatic ring is 1. The van der Waals surface area contributed by atoms with Crippen LogP contribution in [0.2, 0.25) is 0 Å². The Morgan fingerprint density at radius 1 is 1.30 bits per heavy atom. The Balaban J connectivity index is 2.14. The predicted molar refractivity (Wildman–Crippen MR) is 77.9 cm³/mol. The molecule has 0 unspecified atom stereocenters.